The summed E-state index contributed by atoms with van der Waals surface area (Å²) in [5.41, 5.74) is 0. The Morgan fingerprint density at radius 3 is 2.05 bits per heavy atom. The van der Waals surface area contributed by atoms with Gasteiger partial charge in [-0.05, 0) is 6.92 Å². The molecular formula is C10H18N6O3. The SMILES string of the molecule is CCNc1nc(NCCO)nc(NCCC(=O)O)n1. The summed E-state index contributed by atoms with van der Waals surface area (Å²) in [5, 5.41) is 25.9. The average molecular weight is 270 g/mol. The lowest BCUT2D eigenvalue weighted by molar-refractivity contribution is -0.136. The van der Waals surface area contributed by atoms with Crippen molar-refractivity contribution in [2.75, 3.05) is 42.2 Å². The number of nitrogens with zero attached hydrogens (tertiary/aromatic N) is 3. The van der Waals surface area contributed by atoms with Gasteiger partial charge in [-0.3, -0.25) is 4.79 Å². The molecule has 0 aliphatic rings. The Kier molecular flexibility index (Phi) is 6.30. The summed E-state index contributed by atoms with van der Waals surface area (Å²) >= 11 is 0. The van der Waals surface area contributed by atoms with Gasteiger partial charge in [0.25, 0.3) is 0 Å². The molecule has 1 rings (SSSR count). The quantitative estimate of drug-likeness (QED) is 0.406. The number of aliphatic hydroxyl groups is 1. The predicted molar refractivity (Wildman–Crippen MR) is 70.3 cm³/mol. The molecule has 0 aromatic carbocycles. The van der Waals surface area contributed by atoms with Crippen LogP contribution in [0.3, 0.4) is 0 Å². The number of nitrogens with one attached hydrogen (secondary N) is 3. The maximum Gasteiger partial charge on any atom is 0.305 e. The number of rotatable bonds is 9. The molecule has 1 aromatic rings. The lowest BCUT2D eigenvalue weighted by atomic mass is 10.4. The maximum absolute atomic E-state index is 10.4. The molecular weight excluding hydrogens is 252 g/mol. The van der Waals surface area contributed by atoms with Crippen molar-refractivity contribution in [3.63, 3.8) is 0 Å². The second-order valence-electron chi connectivity index (χ2n) is 3.56. The first-order valence-corrected chi connectivity index (χ1v) is 5.96. The van der Waals surface area contributed by atoms with E-state index in [2.05, 4.69) is 30.9 Å². The van der Waals surface area contributed by atoms with Crippen LogP contribution in [0.15, 0.2) is 0 Å². The van der Waals surface area contributed by atoms with E-state index >= 15 is 0 Å². The van der Waals surface area contributed by atoms with E-state index in [-0.39, 0.29) is 25.5 Å². The van der Waals surface area contributed by atoms with Crippen LogP contribution in [0, 0.1) is 0 Å². The average Bonchev–Trinajstić information content (AvgIpc) is 2.36. The number of aliphatic carboxylic acids is 1. The summed E-state index contributed by atoms with van der Waals surface area (Å²) < 4.78 is 0. The summed E-state index contributed by atoms with van der Waals surface area (Å²) in [6.45, 7) is 3.07. The zero-order valence-corrected chi connectivity index (χ0v) is 10.7. The van der Waals surface area contributed by atoms with Crippen LogP contribution < -0.4 is 16.0 Å². The fraction of sp³-hybridized carbons (Fsp3) is 0.600. The van der Waals surface area contributed by atoms with Gasteiger partial charge < -0.3 is 26.2 Å². The molecule has 0 amide bonds. The summed E-state index contributed by atoms with van der Waals surface area (Å²) in [4.78, 5) is 22.7. The molecule has 0 unspecified atom stereocenters. The van der Waals surface area contributed by atoms with E-state index in [0.717, 1.165) is 0 Å². The van der Waals surface area contributed by atoms with Crippen molar-refractivity contribution >= 4 is 23.8 Å². The topological polar surface area (TPSA) is 132 Å². The third-order valence-electron chi connectivity index (χ3n) is 1.99. The first-order valence-electron chi connectivity index (χ1n) is 5.96. The van der Waals surface area contributed by atoms with Gasteiger partial charge in [0, 0.05) is 19.6 Å². The molecule has 9 heteroatoms. The van der Waals surface area contributed by atoms with Gasteiger partial charge in [0.05, 0.1) is 13.0 Å². The third kappa shape index (κ3) is 5.82. The molecule has 106 valence electrons. The molecule has 0 spiro atoms. The standard InChI is InChI=1S/C10H18N6O3/c1-2-11-8-14-9(12-4-3-7(18)19)16-10(15-8)13-5-6-17/h17H,2-6H2,1H3,(H,18,19)(H3,11,12,13,14,15,16). The molecule has 0 bridgehead atoms. The summed E-state index contributed by atoms with van der Waals surface area (Å²) in [6, 6.07) is 0. The zero-order valence-electron chi connectivity index (χ0n) is 10.7. The van der Waals surface area contributed by atoms with Crippen molar-refractivity contribution in [3.05, 3.63) is 0 Å². The van der Waals surface area contributed by atoms with Crippen molar-refractivity contribution in [3.8, 4) is 0 Å². The number of aromatic nitrogens is 3. The molecule has 19 heavy (non-hydrogen) atoms. The van der Waals surface area contributed by atoms with Crippen molar-refractivity contribution < 1.29 is 15.0 Å². The Labute approximate surface area is 110 Å². The van der Waals surface area contributed by atoms with Crippen LogP contribution in [0.4, 0.5) is 17.8 Å². The minimum Gasteiger partial charge on any atom is -0.481 e. The Bertz CT molecular complexity index is 414. The normalized spacial score (nSPS) is 10.0. The highest BCUT2D eigenvalue weighted by Crippen LogP contribution is 2.08. The van der Waals surface area contributed by atoms with Crippen LogP contribution in [0.2, 0.25) is 0 Å². The smallest absolute Gasteiger partial charge is 0.305 e. The second kappa shape index (κ2) is 8.03. The number of carboxylic acids is 1. The highest BCUT2D eigenvalue weighted by Gasteiger charge is 2.06. The Hall–Kier alpha value is -2.16. The minimum atomic E-state index is -0.896. The number of hydrogen-bond donors (Lipinski definition) is 5. The highest BCUT2D eigenvalue weighted by molar-refractivity contribution is 5.67. The van der Waals surface area contributed by atoms with E-state index in [0.29, 0.717) is 25.0 Å². The number of carbonyl (C=O) groups is 1. The molecule has 0 aliphatic heterocycles. The van der Waals surface area contributed by atoms with E-state index in [1.807, 2.05) is 6.92 Å². The number of aliphatic hydroxyl groups excluding tert-OH is 1. The fourth-order valence-electron chi connectivity index (χ4n) is 1.22. The Balaban J connectivity index is 2.71. The summed E-state index contributed by atoms with van der Waals surface area (Å²) in [6.07, 6.45) is -0.0262. The van der Waals surface area contributed by atoms with Gasteiger partial charge in [0.1, 0.15) is 0 Å². The van der Waals surface area contributed by atoms with Crippen molar-refractivity contribution in [2.24, 2.45) is 0 Å². The van der Waals surface area contributed by atoms with E-state index in [1.165, 1.54) is 0 Å². The molecule has 0 radical (unpaired) electrons. The minimum absolute atomic E-state index is 0.0262. The molecule has 0 saturated carbocycles. The van der Waals surface area contributed by atoms with Crippen molar-refractivity contribution in [1.29, 1.82) is 0 Å². The van der Waals surface area contributed by atoms with Gasteiger partial charge in [-0.25, -0.2) is 0 Å². The summed E-state index contributed by atoms with van der Waals surface area (Å²) in [7, 11) is 0. The number of carboxylic acid groups (broad SMARTS) is 1. The molecule has 1 heterocycles. The fourth-order valence-corrected chi connectivity index (χ4v) is 1.22. The first-order chi connectivity index (χ1) is 9.15. The van der Waals surface area contributed by atoms with Crippen LogP contribution in [-0.2, 0) is 4.79 Å². The van der Waals surface area contributed by atoms with Gasteiger partial charge in [0.15, 0.2) is 0 Å². The highest BCUT2D eigenvalue weighted by atomic mass is 16.4. The second-order valence-corrected chi connectivity index (χ2v) is 3.56. The Morgan fingerprint density at radius 2 is 1.58 bits per heavy atom. The van der Waals surface area contributed by atoms with E-state index < -0.39 is 5.97 Å². The van der Waals surface area contributed by atoms with E-state index in [9.17, 15) is 4.79 Å². The predicted octanol–water partition coefficient (Wildman–Crippen LogP) is -0.406. The lowest BCUT2D eigenvalue weighted by Gasteiger charge is -2.09. The molecule has 0 atom stereocenters. The van der Waals surface area contributed by atoms with Gasteiger partial charge in [-0.15, -0.1) is 0 Å². The van der Waals surface area contributed by atoms with Crippen molar-refractivity contribution in [1.82, 2.24) is 15.0 Å². The van der Waals surface area contributed by atoms with Crippen LogP contribution >= 0.6 is 0 Å². The van der Waals surface area contributed by atoms with Crippen LogP contribution in [-0.4, -0.2) is 57.4 Å². The van der Waals surface area contributed by atoms with Crippen LogP contribution in [0.5, 0.6) is 0 Å². The molecule has 0 saturated heterocycles. The Morgan fingerprint density at radius 1 is 1.05 bits per heavy atom. The van der Waals surface area contributed by atoms with Crippen LogP contribution in [0.25, 0.3) is 0 Å². The third-order valence-corrected chi connectivity index (χ3v) is 1.99. The molecule has 1 aromatic heterocycles. The lowest BCUT2D eigenvalue weighted by Crippen LogP contribution is -2.15. The number of anilines is 3. The summed E-state index contributed by atoms with van der Waals surface area (Å²) in [5.74, 6) is 0.0910. The molecule has 0 aliphatic carbocycles. The van der Waals surface area contributed by atoms with Gasteiger partial charge in [-0.2, -0.15) is 15.0 Å². The van der Waals surface area contributed by atoms with E-state index in [1.54, 1.807) is 0 Å². The maximum atomic E-state index is 10.4. The molecule has 5 N–H and O–H groups in total. The molecule has 9 nitrogen and oxygen atoms in total. The first kappa shape index (κ1) is 14.9. The monoisotopic (exact) mass is 270 g/mol. The van der Waals surface area contributed by atoms with Crippen molar-refractivity contribution in [2.45, 2.75) is 13.3 Å². The number of hydrogen-bond acceptors (Lipinski definition) is 8. The van der Waals surface area contributed by atoms with Crippen LogP contribution in [0.1, 0.15) is 13.3 Å². The largest absolute Gasteiger partial charge is 0.481 e. The zero-order chi connectivity index (χ0) is 14.1. The van der Waals surface area contributed by atoms with Gasteiger partial charge >= 0.3 is 5.97 Å². The molecule has 0 fully saturated rings. The van der Waals surface area contributed by atoms with Gasteiger partial charge in [-0.1, -0.05) is 0 Å². The van der Waals surface area contributed by atoms with E-state index in [4.69, 9.17) is 10.2 Å². The van der Waals surface area contributed by atoms with Gasteiger partial charge in [0.2, 0.25) is 17.8 Å².